The van der Waals surface area contributed by atoms with E-state index in [0.29, 0.717) is 25.8 Å². The smallest absolute Gasteiger partial charge is 0.326 e. The molecule has 3 N–H and O–H groups in total. The molecule has 0 spiro atoms. The van der Waals surface area contributed by atoms with Crippen molar-refractivity contribution < 1.29 is 19.1 Å². The standard InChI is InChI=1S/C14H19FN2O3/c1-2-4-12(13(18)19)17-14(20)16-8-7-10-5-3-6-11(15)9-10/h3,5-6,9,12H,2,4,7-8H2,1H3,(H,18,19)(H2,16,17,20). The average Bonchev–Trinajstić information content (AvgIpc) is 2.38. The van der Waals surface area contributed by atoms with Crippen LogP contribution in [-0.4, -0.2) is 29.7 Å². The van der Waals surface area contributed by atoms with Crippen LogP contribution in [0.3, 0.4) is 0 Å². The summed E-state index contributed by atoms with van der Waals surface area (Å²) >= 11 is 0. The molecular weight excluding hydrogens is 263 g/mol. The van der Waals surface area contributed by atoms with Crippen LogP contribution in [0.4, 0.5) is 9.18 Å². The normalized spacial score (nSPS) is 11.7. The first-order valence-corrected chi connectivity index (χ1v) is 6.54. The maximum absolute atomic E-state index is 12.9. The van der Waals surface area contributed by atoms with E-state index in [1.54, 1.807) is 12.1 Å². The first-order chi connectivity index (χ1) is 9.52. The highest BCUT2D eigenvalue weighted by atomic mass is 19.1. The number of benzene rings is 1. The van der Waals surface area contributed by atoms with Gasteiger partial charge in [-0.25, -0.2) is 14.0 Å². The van der Waals surface area contributed by atoms with Crippen molar-refractivity contribution in [1.82, 2.24) is 10.6 Å². The number of rotatable bonds is 7. The molecule has 0 aliphatic heterocycles. The van der Waals surface area contributed by atoms with Crippen molar-refractivity contribution in [3.05, 3.63) is 35.6 Å². The van der Waals surface area contributed by atoms with Gasteiger partial charge in [0.15, 0.2) is 0 Å². The number of carboxylic acids is 1. The SMILES string of the molecule is CCCC(NC(=O)NCCc1cccc(F)c1)C(=O)O. The lowest BCUT2D eigenvalue weighted by atomic mass is 10.1. The second-order valence-electron chi connectivity index (χ2n) is 4.46. The summed E-state index contributed by atoms with van der Waals surface area (Å²) in [5.41, 5.74) is 0.772. The molecule has 20 heavy (non-hydrogen) atoms. The van der Waals surface area contributed by atoms with Gasteiger partial charge in [-0.05, 0) is 30.5 Å². The number of carbonyl (C=O) groups is 2. The van der Waals surface area contributed by atoms with Crippen LogP contribution in [-0.2, 0) is 11.2 Å². The maximum Gasteiger partial charge on any atom is 0.326 e. The van der Waals surface area contributed by atoms with Crippen LogP contribution in [0.15, 0.2) is 24.3 Å². The van der Waals surface area contributed by atoms with Crippen molar-refractivity contribution in [3.8, 4) is 0 Å². The van der Waals surface area contributed by atoms with E-state index in [1.165, 1.54) is 12.1 Å². The van der Waals surface area contributed by atoms with Gasteiger partial charge < -0.3 is 15.7 Å². The minimum atomic E-state index is -1.05. The number of carboxylic acid groups (broad SMARTS) is 1. The fourth-order valence-electron chi connectivity index (χ4n) is 1.77. The molecule has 0 aromatic heterocycles. The Labute approximate surface area is 117 Å². The quantitative estimate of drug-likeness (QED) is 0.715. The van der Waals surface area contributed by atoms with Crippen molar-refractivity contribution in [2.45, 2.75) is 32.2 Å². The molecule has 0 bridgehead atoms. The van der Waals surface area contributed by atoms with Crippen LogP contribution in [0.5, 0.6) is 0 Å². The molecular formula is C14H19FN2O3. The van der Waals surface area contributed by atoms with Crippen molar-refractivity contribution in [3.63, 3.8) is 0 Å². The van der Waals surface area contributed by atoms with Crippen molar-refractivity contribution in [2.75, 3.05) is 6.54 Å². The van der Waals surface area contributed by atoms with Gasteiger partial charge >= 0.3 is 12.0 Å². The van der Waals surface area contributed by atoms with Gasteiger partial charge in [0.05, 0.1) is 0 Å². The molecule has 0 aliphatic rings. The van der Waals surface area contributed by atoms with Crippen LogP contribution in [0.1, 0.15) is 25.3 Å². The molecule has 0 aliphatic carbocycles. The lowest BCUT2D eigenvalue weighted by Crippen LogP contribution is -2.46. The first kappa shape index (κ1) is 15.9. The van der Waals surface area contributed by atoms with Gasteiger partial charge in [-0.3, -0.25) is 0 Å². The molecule has 0 fully saturated rings. The zero-order chi connectivity index (χ0) is 15.0. The molecule has 0 saturated heterocycles. The summed E-state index contributed by atoms with van der Waals surface area (Å²) in [4.78, 5) is 22.4. The molecule has 2 amide bonds. The zero-order valence-electron chi connectivity index (χ0n) is 11.4. The predicted molar refractivity (Wildman–Crippen MR) is 73.0 cm³/mol. The average molecular weight is 282 g/mol. The van der Waals surface area contributed by atoms with Gasteiger partial charge in [-0.1, -0.05) is 25.5 Å². The zero-order valence-corrected chi connectivity index (χ0v) is 11.4. The number of urea groups is 1. The Kier molecular flexibility index (Phi) is 6.49. The summed E-state index contributed by atoms with van der Waals surface area (Å²) < 4.78 is 12.9. The Balaban J connectivity index is 2.34. The molecule has 0 heterocycles. The van der Waals surface area contributed by atoms with Crippen LogP contribution in [0.25, 0.3) is 0 Å². The molecule has 1 aromatic rings. The summed E-state index contributed by atoms with van der Waals surface area (Å²) in [5, 5.41) is 13.9. The van der Waals surface area contributed by atoms with E-state index in [2.05, 4.69) is 10.6 Å². The number of nitrogens with one attached hydrogen (secondary N) is 2. The fourth-order valence-corrected chi connectivity index (χ4v) is 1.77. The fraction of sp³-hybridized carbons (Fsp3) is 0.429. The molecule has 1 aromatic carbocycles. The number of aliphatic carboxylic acids is 1. The van der Waals surface area contributed by atoms with Gasteiger partial charge in [-0.2, -0.15) is 0 Å². The lowest BCUT2D eigenvalue weighted by molar-refractivity contribution is -0.139. The summed E-state index contributed by atoms with van der Waals surface area (Å²) in [6.07, 6.45) is 1.53. The number of hydrogen-bond donors (Lipinski definition) is 3. The van der Waals surface area contributed by atoms with E-state index in [1.807, 2.05) is 6.92 Å². The van der Waals surface area contributed by atoms with E-state index >= 15 is 0 Å². The molecule has 5 nitrogen and oxygen atoms in total. The molecule has 0 saturated carbocycles. The predicted octanol–water partition coefficient (Wildman–Crippen LogP) is 1.92. The third kappa shape index (κ3) is 5.69. The highest BCUT2D eigenvalue weighted by Crippen LogP contribution is 2.03. The van der Waals surface area contributed by atoms with Crippen LogP contribution >= 0.6 is 0 Å². The summed E-state index contributed by atoms with van der Waals surface area (Å²) in [6, 6.07) is 4.71. The third-order valence-corrected chi connectivity index (χ3v) is 2.77. The number of hydrogen-bond acceptors (Lipinski definition) is 2. The Morgan fingerprint density at radius 2 is 2.15 bits per heavy atom. The largest absolute Gasteiger partial charge is 0.480 e. The molecule has 1 atom stereocenters. The minimum Gasteiger partial charge on any atom is -0.480 e. The first-order valence-electron chi connectivity index (χ1n) is 6.54. The van der Waals surface area contributed by atoms with E-state index in [0.717, 1.165) is 5.56 Å². The van der Waals surface area contributed by atoms with Crippen LogP contribution < -0.4 is 10.6 Å². The van der Waals surface area contributed by atoms with Gasteiger partial charge in [-0.15, -0.1) is 0 Å². The van der Waals surface area contributed by atoms with Crippen LogP contribution in [0.2, 0.25) is 0 Å². The third-order valence-electron chi connectivity index (χ3n) is 2.77. The summed E-state index contributed by atoms with van der Waals surface area (Å²) in [6.45, 7) is 2.16. The molecule has 1 rings (SSSR count). The number of halogens is 1. The Bertz CT molecular complexity index is 465. The molecule has 0 radical (unpaired) electrons. The van der Waals surface area contributed by atoms with E-state index in [-0.39, 0.29) is 5.82 Å². The topological polar surface area (TPSA) is 78.4 Å². The van der Waals surface area contributed by atoms with E-state index < -0.39 is 18.0 Å². The summed E-state index contributed by atoms with van der Waals surface area (Å²) in [7, 11) is 0. The van der Waals surface area contributed by atoms with Gasteiger partial charge in [0.25, 0.3) is 0 Å². The summed E-state index contributed by atoms with van der Waals surface area (Å²) in [5.74, 6) is -1.37. The van der Waals surface area contributed by atoms with Gasteiger partial charge in [0.2, 0.25) is 0 Å². The Morgan fingerprint density at radius 1 is 1.40 bits per heavy atom. The monoisotopic (exact) mass is 282 g/mol. The second-order valence-corrected chi connectivity index (χ2v) is 4.46. The van der Waals surface area contributed by atoms with Crippen molar-refractivity contribution >= 4 is 12.0 Å². The highest BCUT2D eigenvalue weighted by Gasteiger charge is 2.18. The van der Waals surface area contributed by atoms with Crippen molar-refractivity contribution in [2.24, 2.45) is 0 Å². The molecule has 1 unspecified atom stereocenters. The highest BCUT2D eigenvalue weighted by molar-refractivity contribution is 5.82. The Morgan fingerprint density at radius 3 is 2.75 bits per heavy atom. The van der Waals surface area contributed by atoms with Gasteiger partial charge in [0.1, 0.15) is 11.9 Å². The van der Waals surface area contributed by atoms with E-state index in [4.69, 9.17) is 5.11 Å². The Hall–Kier alpha value is -2.11. The molecule has 110 valence electrons. The lowest BCUT2D eigenvalue weighted by Gasteiger charge is -2.14. The van der Waals surface area contributed by atoms with Gasteiger partial charge in [0, 0.05) is 6.54 Å². The van der Waals surface area contributed by atoms with E-state index in [9.17, 15) is 14.0 Å². The molecule has 6 heteroatoms. The number of carbonyl (C=O) groups excluding carboxylic acids is 1. The maximum atomic E-state index is 12.9. The minimum absolute atomic E-state index is 0.313. The van der Waals surface area contributed by atoms with Crippen LogP contribution in [0, 0.1) is 5.82 Å². The second kappa shape index (κ2) is 8.14. The van der Waals surface area contributed by atoms with Crippen molar-refractivity contribution in [1.29, 1.82) is 0 Å². The number of amides is 2.